The highest BCUT2D eigenvalue weighted by molar-refractivity contribution is 7.91. The third-order valence-electron chi connectivity index (χ3n) is 3.56. The van der Waals surface area contributed by atoms with Crippen LogP contribution in [0.4, 0.5) is 0 Å². The van der Waals surface area contributed by atoms with Gasteiger partial charge in [-0.15, -0.1) is 11.3 Å². The van der Waals surface area contributed by atoms with Crippen molar-refractivity contribution >= 4 is 21.4 Å². The van der Waals surface area contributed by atoms with Crippen LogP contribution in [-0.2, 0) is 26.0 Å². The largest absolute Gasteiger partial charge is 0.378 e. The maximum Gasteiger partial charge on any atom is 0.250 e. The quantitative estimate of drug-likeness (QED) is 0.740. The molecule has 1 atom stereocenters. The first-order valence-electron chi connectivity index (χ1n) is 6.92. The minimum Gasteiger partial charge on any atom is -0.378 e. The molecule has 1 fully saturated rings. The first kappa shape index (κ1) is 16.9. The van der Waals surface area contributed by atoms with Crippen LogP contribution in [0.5, 0.6) is 0 Å². The standard InChI is InChI=1S/C13H22N2O4S2/c1-3-14-7-11-6-12(20-8-11)21(16,17)15-9-13(18-2)4-5-19-10-13/h6,8,14-15H,3-5,7,9-10H2,1-2H3. The van der Waals surface area contributed by atoms with Gasteiger partial charge in [-0.25, -0.2) is 13.1 Å². The molecule has 0 aromatic carbocycles. The number of hydrogen-bond donors (Lipinski definition) is 2. The van der Waals surface area contributed by atoms with Gasteiger partial charge in [-0.1, -0.05) is 6.92 Å². The first-order chi connectivity index (χ1) is 10.0. The molecule has 21 heavy (non-hydrogen) atoms. The highest BCUT2D eigenvalue weighted by Gasteiger charge is 2.36. The summed E-state index contributed by atoms with van der Waals surface area (Å²) in [6, 6.07) is 1.71. The average Bonchev–Trinajstić information content (AvgIpc) is 3.13. The zero-order valence-electron chi connectivity index (χ0n) is 12.3. The summed E-state index contributed by atoms with van der Waals surface area (Å²) in [4.78, 5) is 0. The Labute approximate surface area is 129 Å². The molecule has 2 N–H and O–H groups in total. The molecule has 1 aromatic heterocycles. The number of nitrogens with one attached hydrogen (secondary N) is 2. The van der Waals surface area contributed by atoms with Gasteiger partial charge in [-0.2, -0.15) is 0 Å². The molecular weight excluding hydrogens is 312 g/mol. The lowest BCUT2D eigenvalue weighted by molar-refractivity contribution is -0.0120. The van der Waals surface area contributed by atoms with Crippen molar-refractivity contribution in [2.24, 2.45) is 0 Å². The van der Waals surface area contributed by atoms with Crippen LogP contribution in [0.1, 0.15) is 18.9 Å². The van der Waals surface area contributed by atoms with Crippen molar-refractivity contribution in [1.82, 2.24) is 10.0 Å². The molecule has 0 aliphatic carbocycles. The molecule has 0 amide bonds. The molecule has 120 valence electrons. The predicted molar refractivity (Wildman–Crippen MR) is 82.1 cm³/mol. The lowest BCUT2D eigenvalue weighted by atomic mass is 10.0. The van der Waals surface area contributed by atoms with E-state index in [0.29, 0.717) is 30.4 Å². The Bertz CT molecular complexity index is 550. The molecule has 6 nitrogen and oxygen atoms in total. The van der Waals surface area contributed by atoms with Crippen molar-refractivity contribution in [3.63, 3.8) is 0 Å². The van der Waals surface area contributed by atoms with Crippen molar-refractivity contribution in [3.8, 4) is 0 Å². The third-order valence-corrected chi connectivity index (χ3v) is 6.45. The Morgan fingerprint density at radius 3 is 2.95 bits per heavy atom. The fourth-order valence-electron chi connectivity index (χ4n) is 2.11. The molecule has 8 heteroatoms. The number of thiophene rings is 1. The van der Waals surface area contributed by atoms with Gasteiger partial charge in [0.1, 0.15) is 9.81 Å². The summed E-state index contributed by atoms with van der Waals surface area (Å²) >= 11 is 1.23. The van der Waals surface area contributed by atoms with Crippen LogP contribution in [0.25, 0.3) is 0 Å². The van der Waals surface area contributed by atoms with Crippen LogP contribution in [0, 0.1) is 0 Å². The van der Waals surface area contributed by atoms with Gasteiger partial charge in [0.15, 0.2) is 0 Å². The molecule has 1 unspecified atom stereocenters. The van der Waals surface area contributed by atoms with Gasteiger partial charge in [0.2, 0.25) is 10.0 Å². The minimum absolute atomic E-state index is 0.228. The molecule has 1 aliphatic heterocycles. The molecule has 0 spiro atoms. The zero-order valence-corrected chi connectivity index (χ0v) is 14.0. The van der Waals surface area contributed by atoms with Crippen LogP contribution < -0.4 is 10.0 Å². The summed E-state index contributed by atoms with van der Waals surface area (Å²) in [5.41, 5.74) is 0.435. The lowest BCUT2D eigenvalue weighted by Crippen LogP contribution is -2.44. The van der Waals surface area contributed by atoms with Gasteiger partial charge in [-0.05, 0) is 23.6 Å². The van der Waals surface area contributed by atoms with Gasteiger partial charge in [-0.3, -0.25) is 0 Å². The maximum absolute atomic E-state index is 12.3. The van der Waals surface area contributed by atoms with Crippen molar-refractivity contribution < 1.29 is 17.9 Å². The average molecular weight is 334 g/mol. The van der Waals surface area contributed by atoms with Gasteiger partial charge < -0.3 is 14.8 Å². The van der Waals surface area contributed by atoms with Crippen molar-refractivity contribution in [2.45, 2.75) is 29.7 Å². The number of sulfonamides is 1. The molecule has 1 aliphatic rings. The van der Waals surface area contributed by atoms with Gasteiger partial charge in [0, 0.05) is 33.2 Å². The fraction of sp³-hybridized carbons (Fsp3) is 0.692. The summed E-state index contributed by atoms with van der Waals surface area (Å²) in [6.45, 7) is 4.79. The van der Waals surface area contributed by atoms with E-state index in [0.717, 1.165) is 12.1 Å². The van der Waals surface area contributed by atoms with E-state index in [-0.39, 0.29) is 6.54 Å². The van der Waals surface area contributed by atoms with Gasteiger partial charge in [0.25, 0.3) is 0 Å². The second-order valence-corrected chi connectivity index (χ2v) is 7.97. The van der Waals surface area contributed by atoms with E-state index >= 15 is 0 Å². The van der Waals surface area contributed by atoms with Crippen LogP contribution in [0.2, 0.25) is 0 Å². The SMILES string of the molecule is CCNCc1csc(S(=O)(=O)NCC2(OC)CCOC2)c1. The van der Waals surface area contributed by atoms with E-state index in [9.17, 15) is 8.42 Å². The number of ether oxygens (including phenoxy) is 2. The van der Waals surface area contributed by atoms with Crippen LogP contribution in [0.3, 0.4) is 0 Å². The molecule has 2 rings (SSSR count). The summed E-state index contributed by atoms with van der Waals surface area (Å²) < 4.78 is 38.3. The molecule has 1 saturated heterocycles. The number of hydrogen-bond acceptors (Lipinski definition) is 6. The maximum atomic E-state index is 12.3. The highest BCUT2D eigenvalue weighted by Crippen LogP contribution is 2.24. The van der Waals surface area contributed by atoms with Crippen molar-refractivity contribution in [1.29, 1.82) is 0 Å². The van der Waals surface area contributed by atoms with Gasteiger partial charge in [0.05, 0.1) is 6.61 Å². The van der Waals surface area contributed by atoms with E-state index in [2.05, 4.69) is 10.0 Å². The molecule has 0 bridgehead atoms. The van der Waals surface area contributed by atoms with Crippen molar-refractivity contribution in [3.05, 3.63) is 17.0 Å². The number of rotatable bonds is 8. The van der Waals surface area contributed by atoms with Crippen LogP contribution in [-0.4, -0.2) is 47.4 Å². The Kier molecular flexibility index (Phi) is 5.75. The molecule has 0 saturated carbocycles. The van der Waals surface area contributed by atoms with E-state index in [1.165, 1.54) is 11.3 Å². The Hall–Kier alpha value is -0.510. The number of methoxy groups -OCH3 is 1. The van der Waals surface area contributed by atoms with E-state index in [1.54, 1.807) is 13.2 Å². The van der Waals surface area contributed by atoms with Gasteiger partial charge >= 0.3 is 0 Å². The Morgan fingerprint density at radius 2 is 2.33 bits per heavy atom. The Balaban J connectivity index is 1.99. The third kappa shape index (κ3) is 4.24. The summed E-state index contributed by atoms with van der Waals surface area (Å²) in [6.07, 6.45) is 0.697. The second kappa shape index (κ2) is 7.17. The summed E-state index contributed by atoms with van der Waals surface area (Å²) in [7, 11) is -1.91. The van der Waals surface area contributed by atoms with E-state index in [1.807, 2.05) is 12.3 Å². The summed E-state index contributed by atoms with van der Waals surface area (Å²) in [5.74, 6) is 0. The zero-order chi connectivity index (χ0) is 15.3. The van der Waals surface area contributed by atoms with Crippen LogP contribution in [0.15, 0.2) is 15.7 Å². The monoisotopic (exact) mass is 334 g/mol. The second-order valence-electron chi connectivity index (χ2n) is 5.07. The highest BCUT2D eigenvalue weighted by atomic mass is 32.2. The fourth-order valence-corrected chi connectivity index (χ4v) is 4.48. The predicted octanol–water partition coefficient (Wildman–Crippen LogP) is 0.941. The molecule has 0 radical (unpaired) electrons. The lowest BCUT2D eigenvalue weighted by Gasteiger charge is -2.25. The molecule has 2 heterocycles. The normalized spacial score (nSPS) is 22.8. The Morgan fingerprint density at radius 1 is 1.52 bits per heavy atom. The molecular formula is C13H22N2O4S2. The van der Waals surface area contributed by atoms with E-state index < -0.39 is 15.6 Å². The van der Waals surface area contributed by atoms with Crippen LogP contribution >= 0.6 is 11.3 Å². The summed E-state index contributed by atoms with van der Waals surface area (Å²) in [5, 5.41) is 5.04. The van der Waals surface area contributed by atoms with E-state index in [4.69, 9.17) is 9.47 Å². The smallest absolute Gasteiger partial charge is 0.250 e. The first-order valence-corrected chi connectivity index (χ1v) is 9.28. The topological polar surface area (TPSA) is 76.7 Å². The minimum atomic E-state index is -3.49. The molecule has 1 aromatic rings. The van der Waals surface area contributed by atoms with Crippen molar-refractivity contribution in [2.75, 3.05) is 33.4 Å².